The average Bonchev–Trinajstić information content (AvgIpc) is 3.42. The zero-order valence-electron chi connectivity index (χ0n) is 50.7. The number of carbonyl (C=O) groups excluding carboxylic acids is 2. The van der Waals surface area contributed by atoms with E-state index in [4.69, 9.17) is 18.5 Å². The van der Waals surface area contributed by atoms with Crippen molar-refractivity contribution in [1.29, 1.82) is 0 Å². The van der Waals surface area contributed by atoms with Crippen molar-refractivity contribution in [3.63, 3.8) is 0 Å². The third-order valence-electron chi connectivity index (χ3n) is 11.9. The number of carbonyl (C=O) groups is 2. The first kappa shape index (κ1) is 75.1. The van der Waals surface area contributed by atoms with E-state index in [1.807, 2.05) is 21.1 Å². The van der Waals surface area contributed by atoms with E-state index < -0.39 is 32.5 Å². The Morgan fingerprint density at radius 2 is 0.675 bits per heavy atom. The summed E-state index contributed by atoms with van der Waals surface area (Å²) in [6.45, 7) is 4.11. The van der Waals surface area contributed by atoms with E-state index in [0.29, 0.717) is 23.9 Å². The van der Waals surface area contributed by atoms with Gasteiger partial charge in [-0.2, -0.15) is 0 Å². The van der Waals surface area contributed by atoms with Crippen LogP contribution in [0.15, 0.2) is 182 Å². The summed E-state index contributed by atoms with van der Waals surface area (Å²) in [7, 11) is 1.41. The molecule has 0 fully saturated rings. The summed E-state index contributed by atoms with van der Waals surface area (Å²) in [6, 6.07) is 0. The number of likely N-dealkylation sites (N-methyl/N-ethyl adjacent to an activating group) is 1. The molecule has 2 atom stereocenters. The molecule has 0 bridgehead atoms. The molecule has 0 amide bonds. The van der Waals surface area contributed by atoms with E-state index in [9.17, 15) is 19.0 Å². The van der Waals surface area contributed by atoms with Crippen LogP contribution in [0.4, 0.5) is 0 Å². The lowest BCUT2D eigenvalue weighted by atomic mass is 10.1. The molecule has 0 rings (SSSR count). The Bertz CT molecular complexity index is 2000. The molecule has 9 nitrogen and oxygen atoms in total. The first-order valence-corrected chi connectivity index (χ1v) is 32.0. The highest BCUT2D eigenvalue weighted by Crippen LogP contribution is 2.43. The first-order valence-electron chi connectivity index (χ1n) is 30.5. The Balaban J connectivity index is 4.27. The van der Waals surface area contributed by atoms with Gasteiger partial charge in [0.2, 0.25) is 0 Å². The predicted octanol–water partition coefficient (Wildman–Crippen LogP) is 19.6. The fraction of sp³-hybridized carbons (Fsp3) is 0.543. The maximum atomic E-state index is 12.8. The van der Waals surface area contributed by atoms with Crippen LogP contribution in [0.1, 0.15) is 194 Å². The number of hydrogen-bond acceptors (Lipinski definition) is 7. The molecule has 0 aliphatic heterocycles. The van der Waals surface area contributed by atoms with Gasteiger partial charge in [0.15, 0.2) is 6.10 Å². The number of phosphoric ester groups is 1. The Kier molecular flexibility index (Phi) is 55.2. The third-order valence-corrected chi connectivity index (χ3v) is 12.9. The third kappa shape index (κ3) is 62.3. The summed E-state index contributed by atoms with van der Waals surface area (Å²) in [5.74, 6) is -0.877. The fourth-order valence-electron chi connectivity index (χ4n) is 7.30. The van der Waals surface area contributed by atoms with Gasteiger partial charge in [-0.15, -0.1) is 0 Å². The topological polar surface area (TPSA) is 108 Å². The molecule has 0 aliphatic carbocycles. The van der Waals surface area contributed by atoms with Crippen molar-refractivity contribution >= 4 is 19.8 Å². The second-order valence-electron chi connectivity index (χ2n) is 20.6. The van der Waals surface area contributed by atoms with Gasteiger partial charge in [-0.3, -0.25) is 18.6 Å². The highest BCUT2D eigenvalue weighted by molar-refractivity contribution is 7.47. The van der Waals surface area contributed by atoms with Crippen LogP contribution >= 0.6 is 7.82 Å². The number of phosphoric acid groups is 1. The van der Waals surface area contributed by atoms with Crippen LogP contribution in [0.25, 0.3) is 0 Å². The average molecular weight is 1130 g/mol. The summed E-state index contributed by atoms with van der Waals surface area (Å²) in [4.78, 5) is 35.7. The molecule has 0 spiro atoms. The van der Waals surface area contributed by atoms with E-state index in [1.165, 1.54) is 19.3 Å². The van der Waals surface area contributed by atoms with Crippen LogP contribution in [0.5, 0.6) is 0 Å². The van der Waals surface area contributed by atoms with Gasteiger partial charge in [0.1, 0.15) is 19.8 Å². The van der Waals surface area contributed by atoms with Crippen molar-refractivity contribution in [1.82, 2.24) is 0 Å². The highest BCUT2D eigenvalue weighted by Gasteiger charge is 2.27. The van der Waals surface area contributed by atoms with Crippen LogP contribution < -0.4 is 0 Å². The van der Waals surface area contributed by atoms with Crippen molar-refractivity contribution in [2.24, 2.45) is 0 Å². The van der Waals surface area contributed by atoms with E-state index in [2.05, 4.69) is 196 Å². The molecule has 80 heavy (non-hydrogen) atoms. The van der Waals surface area contributed by atoms with Gasteiger partial charge in [0.25, 0.3) is 0 Å². The second kappa shape index (κ2) is 58.8. The fourth-order valence-corrected chi connectivity index (χ4v) is 8.04. The van der Waals surface area contributed by atoms with Crippen molar-refractivity contribution in [2.45, 2.75) is 200 Å². The van der Waals surface area contributed by atoms with Crippen molar-refractivity contribution < 1.29 is 42.1 Å². The molecular formula is C70H111NO8P+. The number of nitrogens with zero attached hydrogens (tertiary/aromatic N) is 1. The number of rotatable bonds is 53. The molecule has 0 saturated carbocycles. The molecule has 448 valence electrons. The SMILES string of the molecule is CC/C=C\C/C=C\C/C=C\C/C=C\C/C=C\C/C=C\C/C=C\C/C=C\C/C=C\C/C=C\C/C=C\C/C=C\CCCCC(=O)OC(COC(=O)CCCCCCCCC/C=C\C/C=C\C/C=C\CC)COP(=O)(O)OCC[N+](C)(C)C. The normalized spacial score (nSPS) is 14.5. The van der Waals surface area contributed by atoms with Gasteiger partial charge in [0, 0.05) is 12.8 Å². The quantitative estimate of drug-likeness (QED) is 0.0211. The zero-order chi connectivity index (χ0) is 58.4. The molecule has 0 heterocycles. The molecule has 0 aliphatic rings. The largest absolute Gasteiger partial charge is 0.472 e. The summed E-state index contributed by atoms with van der Waals surface area (Å²) in [5, 5.41) is 0. The number of esters is 2. The van der Waals surface area contributed by atoms with Crippen molar-refractivity contribution in [3.05, 3.63) is 182 Å². The molecule has 10 heteroatoms. The molecule has 2 unspecified atom stereocenters. The number of hydrogen-bond donors (Lipinski definition) is 1. The van der Waals surface area contributed by atoms with E-state index in [1.54, 1.807) is 0 Å². The molecule has 1 N–H and O–H groups in total. The van der Waals surface area contributed by atoms with Crippen LogP contribution in [0.2, 0.25) is 0 Å². The van der Waals surface area contributed by atoms with Gasteiger partial charge < -0.3 is 18.9 Å². The second-order valence-corrected chi connectivity index (χ2v) is 22.1. The lowest BCUT2D eigenvalue weighted by Crippen LogP contribution is -2.37. The molecular weight excluding hydrogens is 1010 g/mol. The standard InChI is InChI=1S/C70H110NO8P/c1-6-8-10-12-14-16-18-20-22-24-25-26-27-28-29-30-31-32-33-34-35-36-37-38-39-40-41-42-43-44-45-47-49-51-53-55-57-59-61-63-70(73)79-68(67-78-80(74,75)77-65-64-71(3,4)5)66-76-69(72)62-60-58-56-54-52-50-48-46-23-21-19-17-15-13-11-9-7-2/h8-11,14-17,20-23,25-26,28-29,31-32,34-35,37-38,40-41,43-44,47,49,53,55,68H,6-7,12-13,18-19,24,27,30,33,36,39,42,45-46,48,50-52,54,56-67H2,1-5H3/p+1/b10-8-,11-9-,16-14-,17-15-,22-20-,23-21-,26-25-,29-28-,32-31-,35-34-,38-37-,41-40-,44-43-,49-47-,55-53-. The summed E-state index contributed by atoms with van der Waals surface area (Å²) in [6.07, 6.45) is 91.2. The predicted molar refractivity (Wildman–Crippen MR) is 343 cm³/mol. The molecule has 0 radical (unpaired) electrons. The minimum atomic E-state index is -4.41. The highest BCUT2D eigenvalue weighted by atomic mass is 31.2. The van der Waals surface area contributed by atoms with E-state index >= 15 is 0 Å². The maximum absolute atomic E-state index is 12.8. The number of quaternary nitrogens is 1. The molecule has 0 saturated heterocycles. The van der Waals surface area contributed by atoms with E-state index in [-0.39, 0.29) is 26.1 Å². The number of unbranched alkanes of at least 4 members (excludes halogenated alkanes) is 9. The maximum Gasteiger partial charge on any atom is 0.472 e. The van der Waals surface area contributed by atoms with Gasteiger partial charge in [-0.1, -0.05) is 228 Å². The lowest BCUT2D eigenvalue weighted by molar-refractivity contribution is -0.870. The Morgan fingerprint density at radius 3 is 1.02 bits per heavy atom. The van der Waals surface area contributed by atoms with Crippen LogP contribution in [-0.4, -0.2) is 74.9 Å². The summed E-state index contributed by atoms with van der Waals surface area (Å²) < 4.78 is 34.5. The van der Waals surface area contributed by atoms with Gasteiger partial charge in [0.05, 0.1) is 27.7 Å². The molecule has 0 aromatic heterocycles. The smallest absolute Gasteiger partial charge is 0.462 e. The minimum absolute atomic E-state index is 0.0107. The summed E-state index contributed by atoms with van der Waals surface area (Å²) >= 11 is 0. The monoisotopic (exact) mass is 1120 g/mol. The van der Waals surface area contributed by atoms with Crippen LogP contribution in [0, 0.1) is 0 Å². The number of ether oxygens (including phenoxy) is 2. The van der Waals surface area contributed by atoms with Crippen LogP contribution in [-0.2, 0) is 32.7 Å². The van der Waals surface area contributed by atoms with Crippen molar-refractivity contribution in [3.8, 4) is 0 Å². The summed E-state index contributed by atoms with van der Waals surface area (Å²) in [5.41, 5.74) is 0. The molecule has 0 aromatic carbocycles. The Morgan fingerprint density at radius 1 is 0.388 bits per heavy atom. The Labute approximate surface area is 489 Å². The van der Waals surface area contributed by atoms with Crippen LogP contribution in [0.3, 0.4) is 0 Å². The van der Waals surface area contributed by atoms with E-state index in [0.717, 1.165) is 135 Å². The minimum Gasteiger partial charge on any atom is -0.462 e. The first-order chi connectivity index (χ1) is 39.0. The van der Waals surface area contributed by atoms with Gasteiger partial charge in [-0.25, -0.2) is 4.57 Å². The lowest BCUT2D eigenvalue weighted by Gasteiger charge is -2.24. The van der Waals surface area contributed by atoms with Gasteiger partial charge in [-0.05, 0) is 135 Å². The number of allylic oxidation sites excluding steroid dienone is 30. The van der Waals surface area contributed by atoms with Crippen molar-refractivity contribution in [2.75, 3.05) is 47.5 Å². The van der Waals surface area contributed by atoms with Gasteiger partial charge >= 0.3 is 19.8 Å². The molecule has 0 aromatic rings. The zero-order valence-corrected chi connectivity index (χ0v) is 51.6. The Hall–Kier alpha value is -4.89.